The molecule has 5 nitrogen and oxygen atoms in total. The summed E-state index contributed by atoms with van der Waals surface area (Å²) in [6.45, 7) is 9.75. The molecule has 0 bridgehead atoms. The van der Waals surface area contributed by atoms with Gasteiger partial charge in [0.15, 0.2) is 0 Å². The maximum absolute atomic E-state index is 12.5. The van der Waals surface area contributed by atoms with Crippen molar-refractivity contribution in [1.29, 1.82) is 0 Å². The number of aromatic nitrogens is 2. The quantitative estimate of drug-likeness (QED) is 0.822. The summed E-state index contributed by atoms with van der Waals surface area (Å²) >= 11 is 0. The fraction of sp³-hybridized carbons (Fsp3) is 0.500. The fourth-order valence-corrected chi connectivity index (χ4v) is 3.26. The first kappa shape index (κ1) is 17.7. The molecule has 2 aromatic rings. The Kier molecular flexibility index (Phi) is 5.23. The van der Waals surface area contributed by atoms with E-state index in [4.69, 9.17) is 0 Å². The molecule has 1 fully saturated rings. The zero-order valence-corrected chi connectivity index (χ0v) is 15.4. The van der Waals surface area contributed by atoms with Gasteiger partial charge in [0.1, 0.15) is 5.65 Å². The van der Waals surface area contributed by atoms with E-state index in [2.05, 4.69) is 41.0 Å². The minimum Gasteiger partial charge on any atom is -0.348 e. The van der Waals surface area contributed by atoms with Crippen molar-refractivity contribution in [3.8, 4) is 0 Å². The lowest BCUT2D eigenvalue weighted by Crippen LogP contribution is -2.49. The van der Waals surface area contributed by atoms with Crippen molar-refractivity contribution < 1.29 is 4.79 Å². The normalized spacial score (nSPS) is 17.4. The van der Waals surface area contributed by atoms with Crippen LogP contribution in [0.5, 0.6) is 0 Å². The van der Waals surface area contributed by atoms with Gasteiger partial charge in [0, 0.05) is 42.0 Å². The number of carbonyl (C=O) groups is 1. The van der Waals surface area contributed by atoms with E-state index in [1.807, 2.05) is 24.4 Å². The molecule has 0 aliphatic carbocycles. The molecule has 0 saturated carbocycles. The molecule has 2 aromatic heterocycles. The number of rotatable bonds is 5. The average molecular weight is 340 g/mol. The Labute approximate surface area is 149 Å². The van der Waals surface area contributed by atoms with E-state index in [-0.39, 0.29) is 17.4 Å². The summed E-state index contributed by atoms with van der Waals surface area (Å²) in [6.07, 6.45) is 9.64. The largest absolute Gasteiger partial charge is 0.348 e. The van der Waals surface area contributed by atoms with Gasteiger partial charge in [0.05, 0.1) is 0 Å². The Hall–Kier alpha value is -2.14. The zero-order valence-electron chi connectivity index (χ0n) is 15.4. The van der Waals surface area contributed by atoms with Gasteiger partial charge in [-0.1, -0.05) is 20.8 Å². The summed E-state index contributed by atoms with van der Waals surface area (Å²) in [5.41, 5.74) is 1.84. The highest BCUT2D eigenvalue weighted by Gasteiger charge is 2.28. The van der Waals surface area contributed by atoms with Crippen molar-refractivity contribution in [1.82, 2.24) is 20.2 Å². The first-order valence-corrected chi connectivity index (χ1v) is 9.06. The maximum atomic E-state index is 12.5. The van der Waals surface area contributed by atoms with Crippen LogP contribution < -0.4 is 5.32 Å². The Morgan fingerprint density at radius 1 is 1.40 bits per heavy atom. The van der Waals surface area contributed by atoms with Crippen LogP contribution >= 0.6 is 0 Å². The topological polar surface area (TPSA) is 61.0 Å². The van der Waals surface area contributed by atoms with Crippen LogP contribution in [-0.4, -0.2) is 46.5 Å². The summed E-state index contributed by atoms with van der Waals surface area (Å²) in [5.74, 6) is -0.0441. The minimum absolute atomic E-state index is 0.0246. The smallest absolute Gasteiger partial charge is 0.244 e. The second kappa shape index (κ2) is 7.40. The van der Waals surface area contributed by atoms with Crippen molar-refractivity contribution in [2.75, 3.05) is 19.6 Å². The Morgan fingerprint density at radius 2 is 2.16 bits per heavy atom. The Morgan fingerprint density at radius 3 is 2.88 bits per heavy atom. The van der Waals surface area contributed by atoms with E-state index in [0.717, 1.165) is 36.2 Å². The number of nitrogens with zero attached hydrogens (tertiary/aromatic N) is 2. The van der Waals surface area contributed by atoms with E-state index in [0.29, 0.717) is 0 Å². The lowest BCUT2D eigenvalue weighted by molar-refractivity contribution is -0.118. The number of fused-ring (bicyclic) bond motifs is 1. The van der Waals surface area contributed by atoms with Crippen LogP contribution in [0.1, 0.15) is 39.2 Å². The van der Waals surface area contributed by atoms with Crippen molar-refractivity contribution >= 4 is 23.0 Å². The number of hydrogen-bond donors (Lipinski definition) is 2. The maximum Gasteiger partial charge on any atom is 0.244 e. The molecular weight excluding hydrogens is 312 g/mol. The molecule has 1 amide bonds. The second-order valence-electron chi connectivity index (χ2n) is 7.91. The summed E-state index contributed by atoms with van der Waals surface area (Å²) in [7, 11) is 0. The van der Waals surface area contributed by atoms with Crippen molar-refractivity contribution in [2.24, 2.45) is 5.41 Å². The van der Waals surface area contributed by atoms with Gasteiger partial charge in [-0.3, -0.25) is 4.79 Å². The Bertz CT molecular complexity index is 750. The van der Waals surface area contributed by atoms with Gasteiger partial charge in [-0.25, -0.2) is 4.98 Å². The van der Waals surface area contributed by atoms with Crippen LogP contribution in [0, 0.1) is 5.41 Å². The predicted molar refractivity (Wildman–Crippen MR) is 102 cm³/mol. The monoisotopic (exact) mass is 340 g/mol. The van der Waals surface area contributed by atoms with Gasteiger partial charge >= 0.3 is 0 Å². The molecule has 25 heavy (non-hydrogen) atoms. The molecule has 1 aliphatic rings. The van der Waals surface area contributed by atoms with Crippen LogP contribution in [0.15, 0.2) is 30.6 Å². The van der Waals surface area contributed by atoms with Gasteiger partial charge in [-0.2, -0.15) is 0 Å². The van der Waals surface area contributed by atoms with Crippen LogP contribution in [-0.2, 0) is 4.79 Å². The number of amides is 1. The highest BCUT2D eigenvalue weighted by molar-refractivity contribution is 5.95. The van der Waals surface area contributed by atoms with Crippen LogP contribution in [0.2, 0.25) is 0 Å². The number of aromatic amines is 1. The fourth-order valence-electron chi connectivity index (χ4n) is 3.26. The molecule has 3 rings (SSSR count). The molecule has 1 saturated heterocycles. The third-order valence-electron chi connectivity index (χ3n) is 4.90. The summed E-state index contributed by atoms with van der Waals surface area (Å²) < 4.78 is 0. The molecule has 1 aliphatic heterocycles. The minimum atomic E-state index is -0.0441. The number of carbonyl (C=O) groups excluding carboxylic acids is 1. The van der Waals surface area contributed by atoms with E-state index in [1.54, 1.807) is 12.3 Å². The average Bonchev–Trinajstić information content (AvgIpc) is 3.21. The Balaban J connectivity index is 1.66. The van der Waals surface area contributed by atoms with Crippen LogP contribution in [0.3, 0.4) is 0 Å². The molecule has 0 radical (unpaired) electrons. The van der Waals surface area contributed by atoms with E-state index >= 15 is 0 Å². The SMILES string of the molecule is CC(C)(C)[C@@H](CN1CCCC1)NC(=O)C=Cc1c[nH]c2ncccc12. The van der Waals surface area contributed by atoms with E-state index in [9.17, 15) is 4.79 Å². The number of pyridine rings is 1. The number of H-pyrrole nitrogens is 1. The molecule has 2 N–H and O–H groups in total. The lowest BCUT2D eigenvalue weighted by atomic mass is 9.86. The van der Waals surface area contributed by atoms with Crippen molar-refractivity contribution in [2.45, 2.75) is 39.7 Å². The van der Waals surface area contributed by atoms with Gasteiger partial charge in [0.25, 0.3) is 0 Å². The molecule has 3 heterocycles. The summed E-state index contributed by atoms with van der Waals surface area (Å²) in [4.78, 5) is 22.3. The zero-order chi connectivity index (χ0) is 17.9. The van der Waals surface area contributed by atoms with Gasteiger partial charge in [-0.05, 0) is 49.6 Å². The molecule has 5 heteroatoms. The molecular formula is C20H28N4O. The number of nitrogens with one attached hydrogen (secondary N) is 2. The van der Waals surface area contributed by atoms with Gasteiger partial charge in [-0.15, -0.1) is 0 Å². The first-order chi connectivity index (χ1) is 11.9. The summed E-state index contributed by atoms with van der Waals surface area (Å²) in [6, 6.07) is 4.04. The molecule has 134 valence electrons. The molecule has 0 aromatic carbocycles. The van der Waals surface area contributed by atoms with Crippen LogP contribution in [0.4, 0.5) is 0 Å². The van der Waals surface area contributed by atoms with E-state index in [1.165, 1.54) is 12.8 Å². The standard InChI is InChI=1S/C20H28N4O/c1-20(2,3)17(14-24-11-4-5-12-24)23-18(25)9-8-15-13-22-19-16(15)7-6-10-21-19/h6-10,13,17H,4-5,11-12,14H2,1-3H3,(H,21,22)(H,23,25)/t17-/m1/s1. The van der Waals surface area contributed by atoms with Gasteiger partial charge in [0.2, 0.25) is 5.91 Å². The van der Waals surface area contributed by atoms with Crippen molar-refractivity contribution in [3.63, 3.8) is 0 Å². The van der Waals surface area contributed by atoms with Crippen LogP contribution in [0.25, 0.3) is 17.1 Å². The first-order valence-electron chi connectivity index (χ1n) is 9.06. The summed E-state index contributed by atoms with van der Waals surface area (Å²) in [5, 5.41) is 4.23. The number of likely N-dealkylation sites (tertiary alicyclic amines) is 1. The third kappa shape index (κ3) is 4.48. The van der Waals surface area contributed by atoms with E-state index < -0.39 is 0 Å². The van der Waals surface area contributed by atoms with Gasteiger partial charge < -0.3 is 15.2 Å². The van der Waals surface area contributed by atoms with Crippen molar-refractivity contribution in [3.05, 3.63) is 36.2 Å². The molecule has 1 atom stereocenters. The lowest BCUT2D eigenvalue weighted by Gasteiger charge is -2.34. The number of hydrogen-bond acceptors (Lipinski definition) is 3. The second-order valence-corrected chi connectivity index (χ2v) is 7.91. The molecule has 0 unspecified atom stereocenters. The highest BCUT2D eigenvalue weighted by atomic mass is 16.1. The molecule has 0 spiro atoms. The highest BCUT2D eigenvalue weighted by Crippen LogP contribution is 2.22. The predicted octanol–water partition coefficient (Wildman–Crippen LogP) is 3.20. The third-order valence-corrected chi connectivity index (χ3v) is 4.90.